The number of hydrogen-bond donors (Lipinski definition) is 3. The monoisotopic (exact) mass is 274 g/mol. The number of rotatable bonds is 3. The van der Waals surface area contributed by atoms with Crippen LogP contribution in [0.2, 0.25) is 0 Å². The molecule has 1 saturated heterocycles. The quantitative estimate of drug-likeness (QED) is 0.674. The van der Waals surface area contributed by atoms with E-state index in [-0.39, 0.29) is 0 Å². The molecule has 7 heteroatoms. The average Bonchev–Trinajstić information content (AvgIpc) is 2.20. The first kappa shape index (κ1) is 15.7. The molecule has 110 valence electrons. The van der Waals surface area contributed by atoms with Crippen LogP contribution >= 0.6 is 0 Å². The van der Waals surface area contributed by atoms with E-state index in [0.717, 1.165) is 0 Å². The normalized spacial score (nSPS) is 22.7. The molecule has 0 unspecified atom stereocenters. The number of carbonyl (C=O) groups is 2. The molecule has 3 N–H and O–H groups in total. The maximum Gasteiger partial charge on any atom is 0.328 e. The number of carboxylic acid groups (broad SMARTS) is 1. The van der Waals surface area contributed by atoms with Crippen molar-refractivity contribution in [1.82, 2.24) is 10.2 Å². The van der Waals surface area contributed by atoms with Gasteiger partial charge >= 0.3 is 12.0 Å². The predicted molar refractivity (Wildman–Crippen MR) is 67.9 cm³/mol. The van der Waals surface area contributed by atoms with E-state index in [1.54, 1.807) is 0 Å². The SMILES string of the molecule is CC1(C)CN(C(=O)N[C@H](CO)C(=O)O)CC(C)(C)O1. The van der Waals surface area contributed by atoms with Gasteiger partial charge in [-0.3, -0.25) is 0 Å². The fourth-order valence-electron chi connectivity index (χ4n) is 2.36. The molecule has 1 heterocycles. The van der Waals surface area contributed by atoms with Crippen LogP contribution in [-0.2, 0) is 9.53 Å². The molecule has 1 fully saturated rings. The minimum atomic E-state index is -1.29. The maximum atomic E-state index is 12.0. The zero-order valence-electron chi connectivity index (χ0n) is 11.8. The molecular weight excluding hydrogens is 252 g/mol. The lowest BCUT2D eigenvalue weighted by Crippen LogP contribution is -2.62. The van der Waals surface area contributed by atoms with Crippen LogP contribution in [0, 0.1) is 0 Å². The number of aliphatic hydroxyl groups is 1. The summed E-state index contributed by atoms with van der Waals surface area (Å²) >= 11 is 0. The van der Waals surface area contributed by atoms with E-state index in [9.17, 15) is 9.59 Å². The number of amides is 2. The number of urea groups is 1. The fourth-order valence-corrected chi connectivity index (χ4v) is 2.36. The van der Waals surface area contributed by atoms with Crippen LogP contribution in [0.5, 0.6) is 0 Å². The van der Waals surface area contributed by atoms with Crippen LogP contribution in [0.25, 0.3) is 0 Å². The van der Waals surface area contributed by atoms with E-state index >= 15 is 0 Å². The van der Waals surface area contributed by atoms with E-state index in [1.807, 2.05) is 27.7 Å². The molecule has 7 nitrogen and oxygen atoms in total. The number of carboxylic acids is 1. The van der Waals surface area contributed by atoms with Crippen LogP contribution in [0.15, 0.2) is 0 Å². The second-order valence-electron chi connectivity index (χ2n) is 6.00. The van der Waals surface area contributed by atoms with E-state index < -0.39 is 35.9 Å². The summed E-state index contributed by atoms with van der Waals surface area (Å²) in [5, 5.41) is 20.0. The number of hydrogen-bond acceptors (Lipinski definition) is 4. The first-order valence-electron chi connectivity index (χ1n) is 6.16. The number of nitrogens with zero attached hydrogens (tertiary/aromatic N) is 1. The number of nitrogens with one attached hydrogen (secondary N) is 1. The molecule has 0 radical (unpaired) electrons. The predicted octanol–water partition coefficient (Wildman–Crippen LogP) is 0.0309. The number of ether oxygens (including phenoxy) is 1. The molecule has 0 bridgehead atoms. The van der Waals surface area contributed by atoms with Crippen molar-refractivity contribution in [1.29, 1.82) is 0 Å². The summed E-state index contributed by atoms with van der Waals surface area (Å²) in [6.45, 7) is 7.56. The van der Waals surface area contributed by atoms with Crippen molar-refractivity contribution in [3.05, 3.63) is 0 Å². The van der Waals surface area contributed by atoms with E-state index in [1.165, 1.54) is 4.90 Å². The summed E-state index contributed by atoms with van der Waals surface area (Å²) in [4.78, 5) is 24.3. The van der Waals surface area contributed by atoms with E-state index in [0.29, 0.717) is 13.1 Å². The lowest BCUT2D eigenvalue weighted by Gasteiger charge is -2.47. The zero-order valence-corrected chi connectivity index (χ0v) is 11.8. The van der Waals surface area contributed by atoms with Crippen LogP contribution in [-0.4, -0.2) is 64.1 Å². The summed E-state index contributed by atoms with van der Waals surface area (Å²) < 4.78 is 5.83. The largest absolute Gasteiger partial charge is 0.480 e. The van der Waals surface area contributed by atoms with Crippen molar-refractivity contribution < 1.29 is 24.5 Å². The topological polar surface area (TPSA) is 99.1 Å². The number of morpholine rings is 1. The van der Waals surface area contributed by atoms with Gasteiger partial charge in [-0.25, -0.2) is 9.59 Å². The van der Waals surface area contributed by atoms with E-state index in [4.69, 9.17) is 14.9 Å². The maximum absolute atomic E-state index is 12.0. The molecule has 0 spiro atoms. The van der Waals surface area contributed by atoms with Gasteiger partial charge in [0, 0.05) is 0 Å². The van der Waals surface area contributed by atoms with Crippen molar-refractivity contribution in [2.75, 3.05) is 19.7 Å². The van der Waals surface area contributed by atoms with Gasteiger partial charge in [-0.15, -0.1) is 0 Å². The van der Waals surface area contributed by atoms with Gasteiger partial charge in [-0.05, 0) is 27.7 Å². The summed E-state index contributed by atoms with van der Waals surface area (Å²) in [6, 6.07) is -1.80. The van der Waals surface area contributed by atoms with Crippen LogP contribution in [0.1, 0.15) is 27.7 Å². The number of aliphatic hydroxyl groups excluding tert-OH is 1. The molecule has 1 atom stereocenters. The first-order chi connectivity index (χ1) is 8.56. The smallest absolute Gasteiger partial charge is 0.328 e. The third kappa shape index (κ3) is 4.36. The standard InChI is InChI=1S/C12H22N2O5/c1-11(2)6-14(7-12(3,4)19-11)10(18)13-8(5-15)9(16)17/h8,15H,5-7H2,1-4H3,(H,13,18)(H,16,17)/t8-/m1/s1. The molecule has 1 aliphatic heterocycles. The number of carbonyl (C=O) groups excluding carboxylic acids is 1. The molecule has 0 aromatic heterocycles. The lowest BCUT2D eigenvalue weighted by atomic mass is 9.99. The van der Waals surface area contributed by atoms with Gasteiger partial charge < -0.3 is 25.2 Å². The highest BCUT2D eigenvalue weighted by molar-refractivity contribution is 5.82. The Morgan fingerprint density at radius 2 is 1.74 bits per heavy atom. The minimum Gasteiger partial charge on any atom is -0.480 e. The highest BCUT2D eigenvalue weighted by atomic mass is 16.5. The second kappa shape index (κ2) is 5.34. The molecule has 1 aliphatic rings. The lowest BCUT2D eigenvalue weighted by molar-refractivity contribution is -0.170. The fraction of sp³-hybridized carbons (Fsp3) is 0.833. The van der Waals surface area contributed by atoms with Crippen LogP contribution < -0.4 is 5.32 Å². The third-order valence-corrected chi connectivity index (χ3v) is 2.76. The Morgan fingerprint density at radius 3 is 2.11 bits per heavy atom. The summed E-state index contributed by atoms with van der Waals surface area (Å²) in [5.41, 5.74) is -1.01. The highest BCUT2D eigenvalue weighted by Crippen LogP contribution is 2.27. The summed E-state index contributed by atoms with van der Waals surface area (Å²) in [7, 11) is 0. The van der Waals surface area contributed by atoms with Crippen molar-refractivity contribution >= 4 is 12.0 Å². The van der Waals surface area contributed by atoms with E-state index in [2.05, 4.69) is 5.32 Å². The summed E-state index contributed by atoms with van der Waals surface area (Å²) in [5.74, 6) is -1.26. The van der Waals surface area contributed by atoms with Gasteiger partial charge in [0.05, 0.1) is 30.9 Å². The van der Waals surface area contributed by atoms with Crippen molar-refractivity contribution in [2.24, 2.45) is 0 Å². The Kier molecular flexibility index (Phi) is 4.42. The Labute approximate surface area is 112 Å². The van der Waals surface area contributed by atoms with Gasteiger partial charge in [0.2, 0.25) is 0 Å². The molecule has 2 amide bonds. The van der Waals surface area contributed by atoms with Crippen molar-refractivity contribution in [3.8, 4) is 0 Å². The third-order valence-electron chi connectivity index (χ3n) is 2.76. The Balaban J connectivity index is 2.73. The van der Waals surface area contributed by atoms with Gasteiger partial charge in [0.25, 0.3) is 0 Å². The molecule has 0 aromatic rings. The molecule has 0 aromatic carbocycles. The van der Waals surface area contributed by atoms with Gasteiger partial charge in [0.15, 0.2) is 6.04 Å². The molecule has 0 saturated carbocycles. The average molecular weight is 274 g/mol. The summed E-state index contributed by atoms with van der Waals surface area (Å²) in [6.07, 6.45) is 0. The number of aliphatic carboxylic acids is 1. The van der Waals surface area contributed by atoms with Gasteiger partial charge in [0.1, 0.15) is 0 Å². The van der Waals surface area contributed by atoms with Crippen molar-refractivity contribution in [3.63, 3.8) is 0 Å². The molecule has 1 rings (SSSR count). The second-order valence-corrected chi connectivity index (χ2v) is 6.00. The van der Waals surface area contributed by atoms with Gasteiger partial charge in [-0.2, -0.15) is 0 Å². The first-order valence-corrected chi connectivity index (χ1v) is 6.16. The Morgan fingerprint density at radius 1 is 1.26 bits per heavy atom. The molecule has 19 heavy (non-hydrogen) atoms. The minimum absolute atomic E-state index is 0.361. The van der Waals surface area contributed by atoms with Gasteiger partial charge in [-0.1, -0.05) is 0 Å². The highest BCUT2D eigenvalue weighted by Gasteiger charge is 2.40. The molecule has 0 aliphatic carbocycles. The molecular formula is C12H22N2O5. The Bertz CT molecular complexity index is 351. The van der Waals surface area contributed by atoms with Crippen LogP contribution in [0.4, 0.5) is 4.79 Å². The zero-order chi connectivity index (χ0) is 14.8. The van der Waals surface area contributed by atoms with Crippen molar-refractivity contribution in [2.45, 2.75) is 44.9 Å². The van der Waals surface area contributed by atoms with Crippen LogP contribution in [0.3, 0.4) is 0 Å². The Hall–Kier alpha value is -1.34.